The summed E-state index contributed by atoms with van der Waals surface area (Å²) in [5.74, 6) is -0.221. The van der Waals surface area contributed by atoms with Gasteiger partial charge in [0.2, 0.25) is 5.91 Å². The highest BCUT2D eigenvalue weighted by Gasteiger charge is 2.23. The Balaban J connectivity index is 4.51. The Morgan fingerprint density at radius 1 is 0.714 bits per heavy atom. The van der Waals surface area contributed by atoms with Crippen LogP contribution in [0.3, 0.4) is 0 Å². The van der Waals surface area contributed by atoms with E-state index in [1.165, 1.54) is 70.6 Å². The second-order valence-corrected chi connectivity index (χ2v) is 15.7. The standard InChI is InChI=1S/C40H75N2O6P/c1-6-8-10-12-14-16-18-19-20-21-22-23-24-26-28-30-32-34-40(44)41-38(37-48-49(45,46)47-36-35-42(3,4)5)39(43)33-31-29-27-25-17-15-13-11-9-7-2/h14,16-17,19-20,25,31,33,38-39,43H,6-13,15,18,21-24,26-30,32,34-37H2,1-5H3,(H-,41,44,45,46)/b16-14-,20-19-,25-17+,33-31+. The van der Waals surface area contributed by atoms with E-state index in [-0.39, 0.29) is 12.5 Å². The minimum Gasteiger partial charge on any atom is -0.756 e. The van der Waals surface area contributed by atoms with Crippen molar-refractivity contribution < 1.29 is 32.9 Å². The number of phosphoric ester groups is 1. The highest BCUT2D eigenvalue weighted by Crippen LogP contribution is 2.38. The molecule has 0 bridgehead atoms. The van der Waals surface area contributed by atoms with Crippen molar-refractivity contribution in [2.75, 3.05) is 40.9 Å². The summed E-state index contributed by atoms with van der Waals surface area (Å²) in [6, 6.07) is -0.905. The molecule has 8 nitrogen and oxygen atoms in total. The third kappa shape index (κ3) is 34.7. The van der Waals surface area contributed by atoms with Crippen molar-refractivity contribution in [2.24, 2.45) is 0 Å². The minimum atomic E-state index is -4.59. The van der Waals surface area contributed by atoms with Crippen molar-refractivity contribution in [2.45, 2.75) is 161 Å². The number of nitrogens with one attached hydrogen (secondary N) is 1. The van der Waals surface area contributed by atoms with Gasteiger partial charge in [0.15, 0.2) is 0 Å². The fourth-order valence-electron chi connectivity index (χ4n) is 5.08. The first-order valence-corrected chi connectivity index (χ1v) is 21.0. The average molecular weight is 711 g/mol. The molecule has 286 valence electrons. The Kier molecular flexibility index (Phi) is 31.4. The molecule has 0 saturated heterocycles. The lowest BCUT2D eigenvalue weighted by Gasteiger charge is -2.29. The van der Waals surface area contributed by atoms with Crippen LogP contribution >= 0.6 is 7.82 Å². The number of hydrogen-bond acceptors (Lipinski definition) is 6. The number of carbonyl (C=O) groups is 1. The number of nitrogens with zero attached hydrogens (tertiary/aromatic N) is 1. The molecule has 0 aliphatic carbocycles. The maximum Gasteiger partial charge on any atom is 0.268 e. The first-order valence-electron chi connectivity index (χ1n) is 19.5. The van der Waals surface area contributed by atoms with Crippen LogP contribution in [0.15, 0.2) is 48.6 Å². The summed E-state index contributed by atoms with van der Waals surface area (Å²) < 4.78 is 23.0. The average Bonchev–Trinajstić information content (AvgIpc) is 3.04. The molecule has 0 aliphatic heterocycles. The van der Waals surface area contributed by atoms with Gasteiger partial charge < -0.3 is 28.8 Å². The van der Waals surface area contributed by atoms with E-state index >= 15 is 0 Å². The number of unbranched alkanes of at least 4 members (excludes halogenated alkanes) is 15. The summed E-state index contributed by atoms with van der Waals surface area (Å²) >= 11 is 0. The van der Waals surface area contributed by atoms with Crippen LogP contribution in [-0.2, 0) is 18.4 Å². The molecule has 0 heterocycles. The molecule has 0 aromatic rings. The fraction of sp³-hybridized carbons (Fsp3) is 0.775. The third-order valence-electron chi connectivity index (χ3n) is 8.26. The second-order valence-electron chi connectivity index (χ2n) is 14.3. The molecule has 0 radical (unpaired) electrons. The van der Waals surface area contributed by atoms with Gasteiger partial charge in [-0.1, -0.05) is 127 Å². The fourth-order valence-corrected chi connectivity index (χ4v) is 5.80. The maximum atomic E-state index is 12.8. The smallest absolute Gasteiger partial charge is 0.268 e. The quantitative estimate of drug-likeness (QED) is 0.0298. The Morgan fingerprint density at radius 2 is 1.20 bits per heavy atom. The molecule has 3 unspecified atom stereocenters. The van der Waals surface area contributed by atoms with Crippen molar-refractivity contribution in [3.05, 3.63) is 48.6 Å². The summed E-state index contributed by atoms with van der Waals surface area (Å²) in [6.07, 6.45) is 38.7. The SMILES string of the molecule is CCCCC/C=C\C/C=C\CCCCCCCCCC(=O)NC(COP(=O)([O-])OCC[N+](C)(C)C)C(O)/C=C/CC/C=C/CCCCCC. The molecule has 0 aliphatic rings. The normalized spacial score (nSPS) is 15.2. The van der Waals surface area contributed by atoms with Crippen molar-refractivity contribution >= 4 is 13.7 Å². The molecule has 2 N–H and O–H groups in total. The van der Waals surface area contributed by atoms with E-state index in [0.29, 0.717) is 17.4 Å². The topological polar surface area (TPSA) is 108 Å². The molecule has 0 aromatic heterocycles. The van der Waals surface area contributed by atoms with Gasteiger partial charge in [-0.2, -0.15) is 0 Å². The predicted molar refractivity (Wildman–Crippen MR) is 205 cm³/mol. The van der Waals surface area contributed by atoms with Gasteiger partial charge in [-0.3, -0.25) is 9.36 Å². The molecule has 0 aromatic carbocycles. The highest BCUT2D eigenvalue weighted by atomic mass is 31.2. The van der Waals surface area contributed by atoms with E-state index in [1.54, 1.807) is 6.08 Å². The lowest BCUT2D eigenvalue weighted by molar-refractivity contribution is -0.870. The van der Waals surface area contributed by atoms with Crippen molar-refractivity contribution in [3.8, 4) is 0 Å². The van der Waals surface area contributed by atoms with E-state index in [2.05, 4.69) is 55.6 Å². The number of quaternary nitrogens is 1. The molecule has 0 spiro atoms. The zero-order valence-corrected chi connectivity index (χ0v) is 33.0. The number of phosphoric acid groups is 1. The molecule has 3 atom stereocenters. The predicted octanol–water partition coefficient (Wildman–Crippen LogP) is 9.50. The molecule has 0 fully saturated rings. The molecular formula is C40H75N2O6P. The van der Waals surface area contributed by atoms with Gasteiger partial charge in [-0.25, -0.2) is 0 Å². The molecule has 9 heteroatoms. The molecule has 1 amide bonds. The van der Waals surface area contributed by atoms with Crippen molar-refractivity contribution in [3.63, 3.8) is 0 Å². The van der Waals surface area contributed by atoms with Gasteiger partial charge in [0.1, 0.15) is 13.2 Å². The summed E-state index contributed by atoms with van der Waals surface area (Å²) in [4.78, 5) is 25.1. The zero-order valence-electron chi connectivity index (χ0n) is 32.1. The third-order valence-corrected chi connectivity index (χ3v) is 9.23. The summed E-state index contributed by atoms with van der Waals surface area (Å²) in [5.41, 5.74) is 0. The van der Waals surface area contributed by atoms with Crippen LogP contribution in [0.2, 0.25) is 0 Å². The monoisotopic (exact) mass is 711 g/mol. The van der Waals surface area contributed by atoms with Crippen LogP contribution in [0, 0.1) is 0 Å². The van der Waals surface area contributed by atoms with E-state index in [4.69, 9.17) is 9.05 Å². The van der Waals surface area contributed by atoms with Crippen LogP contribution in [0.25, 0.3) is 0 Å². The number of likely N-dealkylation sites (N-methyl/N-ethyl adjacent to an activating group) is 1. The lowest BCUT2D eigenvalue weighted by Crippen LogP contribution is -2.45. The number of carbonyl (C=O) groups excluding carboxylic acids is 1. The van der Waals surface area contributed by atoms with Gasteiger partial charge >= 0.3 is 0 Å². The van der Waals surface area contributed by atoms with E-state index in [9.17, 15) is 19.4 Å². The summed E-state index contributed by atoms with van der Waals surface area (Å²) in [6.45, 7) is 4.52. The van der Waals surface area contributed by atoms with Gasteiger partial charge in [-0.15, -0.1) is 0 Å². The number of aliphatic hydroxyl groups excluding tert-OH is 1. The summed E-state index contributed by atoms with van der Waals surface area (Å²) in [7, 11) is 1.23. The van der Waals surface area contributed by atoms with Crippen LogP contribution in [0.4, 0.5) is 0 Å². The maximum absolute atomic E-state index is 12.8. The Bertz CT molecular complexity index is 944. The molecule has 0 saturated carbocycles. The minimum absolute atomic E-state index is 0.00987. The largest absolute Gasteiger partial charge is 0.756 e. The number of hydrogen-bond donors (Lipinski definition) is 2. The van der Waals surface area contributed by atoms with Crippen LogP contribution in [0.5, 0.6) is 0 Å². The lowest BCUT2D eigenvalue weighted by atomic mass is 10.1. The van der Waals surface area contributed by atoms with Crippen LogP contribution < -0.4 is 10.2 Å². The highest BCUT2D eigenvalue weighted by molar-refractivity contribution is 7.45. The Hall–Kier alpha value is -1.54. The van der Waals surface area contributed by atoms with E-state index < -0.39 is 26.6 Å². The van der Waals surface area contributed by atoms with Gasteiger partial charge in [0.05, 0.1) is 39.9 Å². The van der Waals surface area contributed by atoms with E-state index in [0.717, 1.165) is 57.8 Å². The Labute approximate surface area is 301 Å². The van der Waals surface area contributed by atoms with Crippen molar-refractivity contribution in [1.82, 2.24) is 5.32 Å². The van der Waals surface area contributed by atoms with Gasteiger partial charge in [0, 0.05) is 6.42 Å². The molecule has 0 rings (SSSR count). The van der Waals surface area contributed by atoms with Crippen LogP contribution in [-0.4, -0.2) is 68.5 Å². The number of aliphatic hydroxyl groups is 1. The number of amides is 1. The molecule has 49 heavy (non-hydrogen) atoms. The number of rotatable bonds is 34. The zero-order chi connectivity index (χ0) is 36.5. The second kappa shape index (κ2) is 32.4. The van der Waals surface area contributed by atoms with Crippen molar-refractivity contribution in [1.29, 1.82) is 0 Å². The first kappa shape index (κ1) is 47.5. The number of allylic oxidation sites excluding steroid dienone is 7. The van der Waals surface area contributed by atoms with E-state index in [1.807, 2.05) is 27.2 Å². The molecular weight excluding hydrogens is 635 g/mol. The van der Waals surface area contributed by atoms with Gasteiger partial charge in [-0.05, 0) is 64.2 Å². The van der Waals surface area contributed by atoms with Crippen LogP contribution in [0.1, 0.15) is 149 Å². The van der Waals surface area contributed by atoms with Gasteiger partial charge in [0.25, 0.3) is 7.82 Å². The first-order chi connectivity index (χ1) is 23.5. The Morgan fingerprint density at radius 3 is 1.82 bits per heavy atom. The summed E-state index contributed by atoms with van der Waals surface area (Å²) in [5, 5.41) is 13.6.